The number of nitrogens with one attached hydrogen (secondary N) is 1. The van der Waals surface area contributed by atoms with Gasteiger partial charge in [-0.1, -0.05) is 38.3 Å². The van der Waals surface area contributed by atoms with E-state index in [1.807, 2.05) is 12.1 Å². The maximum Gasteiger partial charge on any atom is 0.123 e. The highest BCUT2D eigenvalue weighted by atomic mass is 35.5. The molecule has 1 aliphatic carbocycles. The number of rotatable bonds is 7. The van der Waals surface area contributed by atoms with E-state index < -0.39 is 0 Å². The van der Waals surface area contributed by atoms with Crippen molar-refractivity contribution in [1.82, 2.24) is 5.32 Å². The van der Waals surface area contributed by atoms with Gasteiger partial charge < -0.3 is 10.1 Å². The van der Waals surface area contributed by atoms with Crippen molar-refractivity contribution >= 4 is 11.6 Å². The lowest BCUT2D eigenvalue weighted by molar-refractivity contribution is 0.336. The van der Waals surface area contributed by atoms with Crippen LogP contribution in [0, 0.1) is 11.8 Å². The summed E-state index contributed by atoms with van der Waals surface area (Å²) in [6.07, 6.45) is 6.41. The number of methoxy groups -OCH3 is 1. The first-order chi connectivity index (χ1) is 10.2. The maximum atomic E-state index is 6.23. The fourth-order valence-corrected chi connectivity index (χ4v) is 3.75. The van der Waals surface area contributed by atoms with E-state index in [1.165, 1.54) is 31.2 Å². The molecule has 0 amide bonds. The van der Waals surface area contributed by atoms with Crippen molar-refractivity contribution in [2.45, 2.75) is 52.0 Å². The van der Waals surface area contributed by atoms with Crippen molar-refractivity contribution in [1.29, 1.82) is 0 Å². The van der Waals surface area contributed by atoms with E-state index >= 15 is 0 Å². The van der Waals surface area contributed by atoms with Crippen LogP contribution in [0.15, 0.2) is 18.2 Å². The van der Waals surface area contributed by atoms with Crippen LogP contribution in [-0.4, -0.2) is 13.7 Å². The molecule has 0 aliphatic heterocycles. The zero-order valence-electron chi connectivity index (χ0n) is 13.5. The van der Waals surface area contributed by atoms with E-state index in [0.29, 0.717) is 12.0 Å². The summed E-state index contributed by atoms with van der Waals surface area (Å²) in [5.74, 6) is 2.52. The summed E-state index contributed by atoms with van der Waals surface area (Å²) in [5, 5.41) is 4.53. The molecule has 0 radical (unpaired) electrons. The SMILES string of the molecule is CCCNC(c1cc(Cl)ccc1OC)C1CCC(CC)C1. The minimum atomic E-state index is 0.357. The third-order valence-corrected chi connectivity index (χ3v) is 5.01. The predicted octanol–water partition coefficient (Wildman–Crippen LogP) is 5.22. The predicted molar refractivity (Wildman–Crippen MR) is 90.2 cm³/mol. The minimum Gasteiger partial charge on any atom is -0.496 e. The first-order valence-electron chi connectivity index (χ1n) is 8.26. The number of halogens is 1. The van der Waals surface area contributed by atoms with Crippen LogP contribution < -0.4 is 10.1 Å². The van der Waals surface area contributed by atoms with Crippen molar-refractivity contribution in [3.05, 3.63) is 28.8 Å². The summed E-state index contributed by atoms with van der Waals surface area (Å²) < 4.78 is 5.58. The molecule has 1 aliphatic rings. The molecule has 3 atom stereocenters. The lowest BCUT2D eigenvalue weighted by Gasteiger charge is -2.27. The standard InChI is InChI=1S/C18H28ClNO/c1-4-10-20-18(14-7-6-13(5-2)11-14)16-12-15(19)8-9-17(16)21-3/h8-9,12-14,18,20H,4-7,10-11H2,1-3H3. The van der Waals surface area contributed by atoms with Gasteiger partial charge in [0.2, 0.25) is 0 Å². The second kappa shape index (κ2) is 8.05. The fourth-order valence-electron chi connectivity index (χ4n) is 3.57. The Labute approximate surface area is 134 Å². The largest absolute Gasteiger partial charge is 0.496 e. The molecular formula is C18H28ClNO. The first-order valence-corrected chi connectivity index (χ1v) is 8.64. The van der Waals surface area contributed by atoms with Gasteiger partial charge in [0.25, 0.3) is 0 Å². The maximum absolute atomic E-state index is 6.23. The van der Waals surface area contributed by atoms with Crippen LogP contribution in [0.25, 0.3) is 0 Å². The minimum absolute atomic E-state index is 0.357. The van der Waals surface area contributed by atoms with Crippen LogP contribution >= 0.6 is 11.6 Å². The highest BCUT2D eigenvalue weighted by molar-refractivity contribution is 6.30. The molecule has 0 spiro atoms. The van der Waals surface area contributed by atoms with Crippen molar-refractivity contribution in [3.8, 4) is 5.75 Å². The lowest BCUT2D eigenvalue weighted by atomic mass is 9.89. The Morgan fingerprint density at radius 2 is 2.14 bits per heavy atom. The van der Waals surface area contributed by atoms with E-state index in [1.54, 1.807) is 7.11 Å². The van der Waals surface area contributed by atoms with Gasteiger partial charge in [0, 0.05) is 16.6 Å². The molecule has 3 heteroatoms. The highest BCUT2D eigenvalue weighted by Crippen LogP contribution is 2.43. The van der Waals surface area contributed by atoms with Gasteiger partial charge in [0.1, 0.15) is 5.75 Å². The molecule has 0 saturated heterocycles. The van der Waals surface area contributed by atoms with E-state index in [2.05, 4.69) is 25.2 Å². The van der Waals surface area contributed by atoms with E-state index in [9.17, 15) is 0 Å². The van der Waals surface area contributed by atoms with Crippen LogP contribution in [0.5, 0.6) is 5.75 Å². The number of ether oxygens (including phenoxy) is 1. The molecule has 1 N–H and O–H groups in total. The van der Waals surface area contributed by atoms with Gasteiger partial charge in [0.05, 0.1) is 7.11 Å². The summed E-state index contributed by atoms with van der Waals surface area (Å²) in [6, 6.07) is 6.33. The molecule has 118 valence electrons. The Kier molecular flexibility index (Phi) is 6.38. The van der Waals surface area contributed by atoms with Gasteiger partial charge in [-0.2, -0.15) is 0 Å². The van der Waals surface area contributed by atoms with Crippen LogP contribution in [0.3, 0.4) is 0 Å². The normalized spacial score (nSPS) is 23.2. The smallest absolute Gasteiger partial charge is 0.123 e. The zero-order valence-corrected chi connectivity index (χ0v) is 14.2. The number of benzene rings is 1. The van der Waals surface area contributed by atoms with Crippen LogP contribution in [0.4, 0.5) is 0 Å². The quantitative estimate of drug-likeness (QED) is 0.746. The Balaban J connectivity index is 2.25. The van der Waals surface area contributed by atoms with Gasteiger partial charge in [-0.25, -0.2) is 0 Å². The van der Waals surface area contributed by atoms with Crippen LogP contribution in [-0.2, 0) is 0 Å². The first kappa shape index (κ1) is 16.6. The molecule has 2 nitrogen and oxygen atoms in total. The molecule has 21 heavy (non-hydrogen) atoms. The summed E-state index contributed by atoms with van der Waals surface area (Å²) in [5.41, 5.74) is 1.22. The van der Waals surface area contributed by atoms with Gasteiger partial charge in [0.15, 0.2) is 0 Å². The Morgan fingerprint density at radius 3 is 2.76 bits per heavy atom. The third-order valence-electron chi connectivity index (χ3n) is 4.77. The average Bonchev–Trinajstić information content (AvgIpc) is 2.97. The monoisotopic (exact) mass is 309 g/mol. The molecule has 1 aromatic rings. The van der Waals surface area contributed by atoms with E-state index in [0.717, 1.165) is 29.7 Å². The highest BCUT2D eigenvalue weighted by Gasteiger charge is 2.32. The van der Waals surface area contributed by atoms with Gasteiger partial charge >= 0.3 is 0 Å². The van der Waals surface area contributed by atoms with Crippen molar-refractivity contribution < 1.29 is 4.74 Å². The molecule has 1 fully saturated rings. The van der Waals surface area contributed by atoms with E-state index in [4.69, 9.17) is 16.3 Å². The second-order valence-electron chi connectivity index (χ2n) is 6.17. The second-order valence-corrected chi connectivity index (χ2v) is 6.60. The van der Waals surface area contributed by atoms with Gasteiger partial charge in [-0.05, 0) is 55.8 Å². The summed E-state index contributed by atoms with van der Waals surface area (Å²) in [4.78, 5) is 0. The van der Waals surface area contributed by atoms with Crippen molar-refractivity contribution in [2.75, 3.05) is 13.7 Å². The molecule has 1 aromatic carbocycles. The van der Waals surface area contributed by atoms with Crippen LogP contribution in [0.1, 0.15) is 57.6 Å². The fraction of sp³-hybridized carbons (Fsp3) is 0.667. The Bertz CT molecular complexity index is 449. The van der Waals surface area contributed by atoms with Gasteiger partial charge in [-0.15, -0.1) is 0 Å². The average molecular weight is 310 g/mol. The molecule has 0 bridgehead atoms. The lowest BCUT2D eigenvalue weighted by Crippen LogP contribution is -2.28. The molecule has 2 rings (SSSR count). The Hall–Kier alpha value is -0.730. The molecule has 1 saturated carbocycles. The van der Waals surface area contributed by atoms with Crippen molar-refractivity contribution in [2.24, 2.45) is 11.8 Å². The molecule has 0 heterocycles. The van der Waals surface area contributed by atoms with Crippen molar-refractivity contribution in [3.63, 3.8) is 0 Å². The zero-order chi connectivity index (χ0) is 15.2. The molecule has 0 aromatic heterocycles. The summed E-state index contributed by atoms with van der Waals surface area (Å²) in [7, 11) is 1.74. The van der Waals surface area contributed by atoms with E-state index in [-0.39, 0.29) is 0 Å². The summed E-state index contributed by atoms with van der Waals surface area (Å²) >= 11 is 6.23. The van der Waals surface area contributed by atoms with Gasteiger partial charge in [-0.3, -0.25) is 0 Å². The number of hydrogen-bond donors (Lipinski definition) is 1. The number of hydrogen-bond acceptors (Lipinski definition) is 2. The van der Waals surface area contributed by atoms with Crippen LogP contribution in [0.2, 0.25) is 5.02 Å². The molecular weight excluding hydrogens is 282 g/mol. The topological polar surface area (TPSA) is 21.3 Å². The summed E-state index contributed by atoms with van der Waals surface area (Å²) in [6.45, 7) is 5.55. The molecule has 3 unspecified atom stereocenters. The Morgan fingerprint density at radius 1 is 1.33 bits per heavy atom. The third kappa shape index (κ3) is 4.14.